The Hall–Kier alpha value is -2.00. The molecule has 0 saturated heterocycles. The molecule has 0 fully saturated rings. The third kappa shape index (κ3) is 2.88. The Kier molecular flexibility index (Phi) is 4.24. The van der Waals surface area contributed by atoms with Gasteiger partial charge in [0.25, 0.3) is 0 Å². The first-order chi connectivity index (χ1) is 9.82. The molecule has 0 aromatic heterocycles. The standard InChI is InChI=1S/C21H24/c1-13-8-9-20(14(2)12-13)10-11-21-18(6)16(4)15(3)17(5)19(21)7/h8-9,12H,1-7H3. The lowest BCUT2D eigenvalue weighted by Crippen LogP contribution is -1.99. The largest absolute Gasteiger partial charge is 0.0614 e. The van der Waals surface area contributed by atoms with Gasteiger partial charge < -0.3 is 0 Å². The van der Waals surface area contributed by atoms with E-state index in [9.17, 15) is 0 Å². The Balaban J connectivity index is 2.58. The fourth-order valence-electron chi connectivity index (χ4n) is 2.77. The zero-order valence-corrected chi connectivity index (χ0v) is 14.2. The Labute approximate surface area is 129 Å². The molecule has 0 aliphatic carbocycles. The van der Waals surface area contributed by atoms with Crippen molar-refractivity contribution in [2.24, 2.45) is 0 Å². The summed E-state index contributed by atoms with van der Waals surface area (Å²) >= 11 is 0. The minimum Gasteiger partial charge on any atom is -0.0614 e. The summed E-state index contributed by atoms with van der Waals surface area (Å²) in [6.45, 7) is 15.2. The second-order valence-corrected chi connectivity index (χ2v) is 6.07. The lowest BCUT2D eigenvalue weighted by atomic mass is 9.90. The quantitative estimate of drug-likeness (QED) is 0.577. The highest BCUT2D eigenvalue weighted by molar-refractivity contribution is 5.58. The van der Waals surface area contributed by atoms with E-state index in [1.165, 1.54) is 44.5 Å². The number of hydrogen-bond donors (Lipinski definition) is 0. The Morgan fingerprint density at radius 2 is 1.14 bits per heavy atom. The number of aryl methyl sites for hydroxylation is 2. The van der Waals surface area contributed by atoms with Gasteiger partial charge in [-0.1, -0.05) is 29.5 Å². The summed E-state index contributed by atoms with van der Waals surface area (Å²) in [6.07, 6.45) is 0. The Morgan fingerprint density at radius 1 is 0.619 bits per heavy atom. The molecule has 0 N–H and O–H groups in total. The van der Waals surface area contributed by atoms with Crippen LogP contribution in [0.1, 0.15) is 50.1 Å². The van der Waals surface area contributed by atoms with E-state index in [1.54, 1.807) is 0 Å². The van der Waals surface area contributed by atoms with E-state index >= 15 is 0 Å². The first-order valence-corrected chi connectivity index (χ1v) is 7.49. The van der Waals surface area contributed by atoms with Crippen molar-refractivity contribution >= 4 is 0 Å². The van der Waals surface area contributed by atoms with Crippen molar-refractivity contribution in [2.45, 2.75) is 48.5 Å². The van der Waals surface area contributed by atoms with Crippen LogP contribution < -0.4 is 0 Å². The third-order valence-corrected chi connectivity index (χ3v) is 4.70. The smallest absolute Gasteiger partial charge is 0.0312 e. The highest BCUT2D eigenvalue weighted by Crippen LogP contribution is 2.25. The molecule has 0 heteroatoms. The molecule has 0 aliphatic heterocycles. The normalized spacial score (nSPS) is 10.2. The molecule has 0 atom stereocenters. The lowest BCUT2D eigenvalue weighted by molar-refractivity contribution is 1.16. The van der Waals surface area contributed by atoms with Crippen LogP contribution in [-0.4, -0.2) is 0 Å². The van der Waals surface area contributed by atoms with Crippen molar-refractivity contribution in [2.75, 3.05) is 0 Å². The highest BCUT2D eigenvalue weighted by atomic mass is 14.1. The molecule has 0 bridgehead atoms. The van der Waals surface area contributed by atoms with E-state index in [0.717, 1.165) is 5.56 Å². The first kappa shape index (κ1) is 15.4. The molecule has 0 radical (unpaired) electrons. The van der Waals surface area contributed by atoms with Crippen LogP contribution in [0.2, 0.25) is 0 Å². The van der Waals surface area contributed by atoms with Gasteiger partial charge in [-0.25, -0.2) is 0 Å². The summed E-state index contributed by atoms with van der Waals surface area (Å²) in [6, 6.07) is 6.44. The summed E-state index contributed by atoms with van der Waals surface area (Å²) in [5.74, 6) is 6.78. The van der Waals surface area contributed by atoms with Gasteiger partial charge in [0, 0.05) is 11.1 Å². The lowest BCUT2D eigenvalue weighted by Gasteiger charge is -2.15. The molecular weight excluding hydrogens is 252 g/mol. The van der Waals surface area contributed by atoms with E-state index in [2.05, 4.69) is 78.5 Å². The first-order valence-electron chi connectivity index (χ1n) is 7.49. The fraction of sp³-hybridized carbons (Fsp3) is 0.333. The average molecular weight is 276 g/mol. The minimum atomic E-state index is 1.12. The second kappa shape index (κ2) is 5.78. The van der Waals surface area contributed by atoms with E-state index in [-0.39, 0.29) is 0 Å². The van der Waals surface area contributed by atoms with Crippen molar-refractivity contribution in [3.63, 3.8) is 0 Å². The van der Waals surface area contributed by atoms with Gasteiger partial charge in [-0.2, -0.15) is 0 Å². The van der Waals surface area contributed by atoms with Crippen molar-refractivity contribution < 1.29 is 0 Å². The maximum atomic E-state index is 3.42. The van der Waals surface area contributed by atoms with Crippen molar-refractivity contribution in [1.29, 1.82) is 0 Å². The molecule has 0 heterocycles. The number of rotatable bonds is 0. The molecule has 2 aromatic rings. The molecule has 2 aromatic carbocycles. The monoisotopic (exact) mass is 276 g/mol. The van der Waals surface area contributed by atoms with E-state index in [0.29, 0.717) is 0 Å². The Bertz CT molecular complexity index is 736. The molecule has 0 unspecified atom stereocenters. The van der Waals surface area contributed by atoms with Crippen molar-refractivity contribution in [3.8, 4) is 11.8 Å². The Morgan fingerprint density at radius 3 is 1.67 bits per heavy atom. The summed E-state index contributed by atoms with van der Waals surface area (Å²) in [5, 5.41) is 0. The fourth-order valence-corrected chi connectivity index (χ4v) is 2.77. The topological polar surface area (TPSA) is 0 Å². The SMILES string of the molecule is Cc1ccc(C#Cc2c(C)c(C)c(C)c(C)c2C)c(C)c1. The molecule has 21 heavy (non-hydrogen) atoms. The maximum Gasteiger partial charge on any atom is 0.0312 e. The van der Waals surface area contributed by atoms with Crippen molar-refractivity contribution in [3.05, 3.63) is 68.3 Å². The zero-order valence-electron chi connectivity index (χ0n) is 14.2. The molecule has 0 nitrogen and oxygen atoms in total. The summed E-state index contributed by atoms with van der Waals surface area (Å²) in [4.78, 5) is 0. The van der Waals surface area contributed by atoms with Gasteiger partial charge in [-0.15, -0.1) is 0 Å². The second-order valence-electron chi connectivity index (χ2n) is 6.07. The molecule has 0 spiro atoms. The van der Waals surface area contributed by atoms with Crippen LogP contribution in [-0.2, 0) is 0 Å². The maximum absolute atomic E-state index is 3.42. The van der Waals surface area contributed by atoms with Gasteiger partial charge in [0.05, 0.1) is 0 Å². The van der Waals surface area contributed by atoms with Gasteiger partial charge in [0.2, 0.25) is 0 Å². The average Bonchev–Trinajstić information content (AvgIpc) is 2.45. The zero-order chi connectivity index (χ0) is 15.7. The summed E-state index contributed by atoms with van der Waals surface area (Å²) in [7, 11) is 0. The van der Waals surface area contributed by atoms with Crippen molar-refractivity contribution in [1.82, 2.24) is 0 Å². The predicted molar refractivity (Wildman–Crippen MR) is 92.0 cm³/mol. The van der Waals surface area contributed by atoms with Gasteiger partial charge in [0.1, 0.15) is 0 Å². The van der Waals surface area contributed by atoms with Crippen LogP contribution in [0.15, 0.2) is 18.2 Å². The van der Waals surface area contributed by atoms with Crippen LogP contribution in [0.25, 0.3) is 0 Å². The van der Waals surface area contributed by atoms with Crippen LogP contribution in [0, 0.1) is 60.3 Å². The van der Waals surface area contributed by atoms with Gasteiger partial charge in [-0.3, -0.25) is 0 Å². The van der Waals surface area contributed by atoms with Gasteiger partial charge in [-0.05, 0) is 87.9 Å². The molecule has 0 aliphatic rings. The van der Waals surface area contributed by atoms with Gasteiger partial charge >= 0.3 is 0 Å². The third-order valence-electron chi connectivity index (χ3n) is 4.70. The predicted octanol–water partition coefficient (Wildman–Crippen LogP) is 5.25. The molecule has 108 valence electrons. The molecule has 0 saturated carbocycles. The minimum absolute atomic E-state index is 1.12. The van der Waals surface area contributed by atoms with Crippen LogP contribution in [0.4, 0.5) is 0 Å². The van der Waals surface area contributed by atoms with Crippen LogP contribution >= 0.6 is 0 Å². The van der Waals surface area contributed by atoms with Crippen LogP contribution in [0.3, 0.4) is 0 Å². The molecular formula is C21H24. The number of hydrogen-bond acceptors (Lipinski definition) is 0. The van der Waals surface area contributed by atoms with Crippen LogP contribution in [0.5, 0.6) is 0 Å². The summed E-state index contributed by atoms with van der Waals surface area (Å²) in [5.41, 5.74) is 11.6. The summed E-state index contributed by atoms with van der Waals surface area (Å²) < 4.78 is 0. The highest BCUT2D eigenvalue weighted by Gasteiger charge is 2.10. The van der Waals surface area contributed by atoms with Gasteiger partial charge in [0.15, 0.2) is 0 Å². The van der Waals surface area contributed by atoms with E-state index in [4.69, 9.17) is 0 Å². The number of benzene rings is 2. The molecule has 2 rings (SSSR count). The van der Waals surface area contributed by atoms with E-state index in [1.807, 2.05) is 0 Å². The van der Waals surface area contributed by atoms with E-state index < -0.39 is 0 Å². The molecule has 0 amide bonds.